The fraction of sp³-hybridized carbons (Fsp3) is 0.565. The summed E-state index contributed by atoms with van der Waals surface area (Å²) in [6, 6.07) is 5.44. The molecule has 2 heterocycles. The molecule has 1 aliphatic carbocycles. The average molecular weight is 466 g/mol. The van der Waals surface area contributed by atoms with Crippen LogP contribution >= 0.6 is 0 Å². The Bertz CT molecular complexity index is 969. The molecule has 10 heteroatoms. The number of carbonyl (C=O) groups is 1. The zero-order valence-electron chi connectivity index (χ0n) is 18.7. The maximum atomic E-state index is 13.0. The lowest BCUT2D eigenvalue weighted by molar-refractivity contribution is -0.137. The van der Waals surface area contributed by atoms with Gasteiger partial charge in [-0.3, -0.25) is 14.4 Å². The number of carbonyl (C=O) groups excluding carboxylic acids is 1. The molecule has 4 rings (SSSR count). The zero-order valence-corrected chi connectivity index (χ0v) is 18.7. The van der Waals surface area contributed by atoms with Crippen molar-refractivity contribution in [2.45, 2.75) is 38.0 Å². The lowest BCUT2D eigenvalue weighted by Gasteiger charge is -2.26. The Kier molecular flexibility index (Phi) is 7.35. The van der Waals surface area contributed by atoms with Crippen LogP contribution in [0, 0.1) is 0 Å². The van der Waals surface area contributed by atoms with Crippen LogP contribution in [-0.2, 0) is 37.3 Å². The van der Waals surface area contributed by atoms with Gasteiger partial charge in [0, 0.05) is 57.1 Å². The minimum atomic E-state index is -4.35. The maximum Gasteiger partial charge on any atom is 0.416 e. The van der Waals surface area contributed by atoms with E-state index in [0.717, 1.165) is 63.0 Å². The molecule has 180 valence electrons. The molecule has 1 aliphatic heterocycles. The number of fused-ring (bicyclic) bond motifs is 1. The molecule has 1 saturated heterocycles. The van der Waals surface area contributed by atoms with Gasteiger partial charge in [-0.05, 0) is 30.9 Å². The predicted octanol–water partition coefficient (Wildman–Crippen LogP) is 2.15. The normalized spacial score (nSPS) is 19.3. The van der Waals surface area contributed by atoms with E-state index < -0.39 is 11.7 Å². The van der Waals surface area contributed by atoms with E-state index in [9.17, 15) is 18.0 Å². The van der Waals surface area contributed by atoms with E-state index in [0.29, 0.717) is 30.8 Å². The molecule has 2 aromatic rings. The Hall–Kier alpha value is -2.43. The molecular weight excluding hydrogens is 435 g/mol. The number of hydrogen-bond donors (Lipinski definition) is 2. The summed E-state index contributed by atoms with van der Waals surface area (Å²) in [6.45, 7) is 4.83. The van der Waals surface area contributed by atoms with E-state index >= 15 is 0 Å². The fourth-order valence-electron chi connectivity index (χ4n) is 4.50. The number of morpholine rings is 1. The van der Waals surface area contributed by atoms with Gasteiger partial charge < -0.3 is 15.4 Å². The second-order valence-electron chi connectivity index (χ2n) is 8.63. The minimum absolute atomic E-state index is 0.0659. The molecular formula is C23H30F3N5O2. The summed E-state index contributed by atoms with van der Waals surface area (Å²) in [5, 5.41) is 10.8. The SMILES string of the molecule is Cn1nc(C(=O)NCCN2CCOCC2)c2c1CCC(NCc1cccc(C(F)(F)F)c1)C2. The monoisotopic (exact) mass is 465 g/mol. The molecule has 0 bridgehead atoms. The van der Waals surface area contributed by atoms with Crippen LogP contribution in [0.3, 0.4) is 0 Å². The van der Waals surface area contributed by atoms with Crippen LogP contribution in [0.4, 0.5) is 13.2 Å². The van der Waals surface area contributed by atoms with Gasteiger partial charge in [0.05, 0.1) is 18.8 Å². The number of aryl methyl sites for hydroxylation is 1. The summed E-state index contributed by atoms with van der Waals surface area (Å²) in [7, 11) is 1.85. The number of hydrogen-bond acceptors (Lipinski definition) is 5. The Morgan fingerprint density at radius 1 is 1.27 bits per heavy atom. The Morgan fingerprint density at radius 2 is 2.06 bits per heavy atom. The third-order valence-electron chi connectivity index (χ3n) is 6.34. The molecule has 7 nitrogen and oxygen atoms in total. The van der Waals surface area contributed by atoms with Crippen molar-refractivity contribution >= 4 is 5.91 Å². The summed E-state index contributed by atoms with van der Waals surface area (Å²) >= 11 is 0. The quantitative estimate of drug-likeness (QED) is 0.656. The van der Waals surface area contributed by atoms with Gasteiger partial charge in [-0.2, -0.15) is 18.3 Å². The van der Waals surface area contributed by atoms with Crippen LogP contribution in [0.5, 0.6) is 0 Å². The summed E-state index contributed by atoms with van der Waals surface area (Å²) < 4.78 is 46.0. The molecule has 1 aromatic carbocycles. The Balaban J connectivity index is 1.34. The molecule has 1 amide bonds. The van der Waals surface area contributed by atoms with Crippen LogP contribution in [0.2, 0.25) is 0 Å². The second-order valence-corrected chi connectivity index (χ2v) is 8.63. The summed E-state index contributed by atoms with van der Waals surface area (Å²) in [6.07, 6.45) is -2.13. The van der Waals surface area contributed by atoms with Crippen LogP contribution in [0.1, 0.15) is 39.3 Å². The van der Waals surface area contributed by atoms with Crippen molar-refractivity contribution in [2.75, 3.05) is 39.4 Å². The number of nitrogens with one attached hydrogen (secondary N) is 2. The van der Waals surface area contributed by atoms with Crippen molar-refractivity contribution in [3.8, 4) is 0 Å². The van der Waals surface area contributed by atoms with Crippen LogP contribution in [-0.4, -0.2) is 66.0 Å². The van der Waals surface area contributed by atoms with E-state index in [1.807, 2.05) is 7.05 Å². The first-order chi connectivity index (χ1) is 15.8. The van der Waals surface area contributed by atoms with Crippen LogP contribution in [0.15, 0.2) is 24.3 Å². The summed E-state index contributed by atoms with van der Waals surface area (Å²) in [5.74, 6) is -0.182. The zero-order chi connectivity index (χ0) is 23.4. The van der Waals surface area contributed by atoms with E-state index in [-0.39, 0.29) is 11.9 Å². The molecule has 0 spiro atoms. The number of nitrogens with zero attached hydrogens (tertiary/aromatic N) is 3. The number of ether oxygens (including phenoxy) is 1. The highest BCUT2D eigenvalue weighted by molar-refractivity contribution is 5.94. The van der Waals surface area contributed by atoms with Crippen molar-refractivity contribution in [2.24, 2.45) is 7.05 Å². The van der Waals surface area contributed by atoms with Gasteiger partial charge in [0.15, 0.2) is 5.69 Å². The minimum Gasteiger partial charge on any atom is -0.379 e. The van der Waals surface area contributed by atoms with Gasteiger partial charge in [-0.15, -0.1) is 0 Å². The maximum absolute atomic E-state index is 13.0. The number of benzene rings is 1. The lowest BCUT2D eigenvalue weighted by Crippen LogP contribution is -2.41. The standard InChI is InChI=1S/C23H30F3N5O2/c1-30-20-6-5-18(28-15-16-3-2-4-17(13-16)23(24,25)26)14-19(20)21(29-30)22(32)27-7-8-31-9-11-33-12-10-31/h2-4,13,18,28H,5-12,14-15H2,1H3,(H,27,32). The van der Waals surface area contributed by atoms with Crippen molar-refractivity contribution < 1.29 is 22.7 Å². The highest BCUT2D eigenvalue weighted by atomic mass is 19.4. The highest BCUT2D eigenvalue weighted by Crippen LogP contribution is 2.30. The predicted molar refractivity (Wildman–Crippen MR) is 117 cm³/mol. The Labute approximate surface area is 191 Å². The molecule has 1 unspecified atom stereocenters. The topological polar surface area (TPSA) is 71.4 Å². The van der Waals surface area contributed by atoms with Crippen molar-refractivity contribution in [3.05, 3.63) is 52.3 Å². The van der Waals surface area contributed by atoms with Crippen molar-refractivity contribution in [1.82, 2.24) is 25.3 Å². The smallest absolute Gasteiger partial charge is 0.379 e. The average Bonchev–Trinajstić information content (AvgIpc) is 3.14. The number of alkyl halides is 3. The molecule has 2 N–H and O–H groups in total. The summed E-state index contributed by atoms with van der Waals surface area (Å²) in [5.41, 5.74) is 2.36. The molecule has 1 atom stereocenters. The molecule has 0 radical (unpaired) electrons. The van der Waals surface area contributed by atoms with Gasteiger partial charge in [0.25, 0.3) is 5.91 Å². The number of halogens is 3. The summed E-state index contributed by atoms with van der Waals surface area (Å²) in [4.78, 5) is 15.1. The molecule has 0 saturated carbocycles. The van der Waals surface area contributed by atoms with Gasteiger partial charge in [0.2, 0.25) is 0 Å². The molecule has 33 heavy (non-hydrogen) atoms. The lowest BCUT2D eigenvalue weighted by atomic mass is 9.91. The first kappa shape index (κ1) is 23.7. The van der Waals surface area contributed by atoms with E-state index in [4.69, 9.17) is 4.74 Å². The van der Waals surface area contributed by atoms with Crippen LogP contribution in [0.25, 0.3) is 0 Å². The highest BCUT2D eigenvalue weighted by Gasteiger charge is 2.31. The number of rotatable bonds is 7. The van der Waals surface area contributed by atoms with Gasteiger partial charge >= 0.3 is 6.18 Å². The van der Waals surface area contributed by atoms with Gasteiger partial charge in [-0.25, -0.2) is 0 Å². The first-order valence-corrected chi connectivity index (χ1v) is 11.3. The fourth-order valence-corrected chi connectivity index (χ4v) is 4.50. The number of amides is 1. The third kappa shape index (κ3) is 5.93. The van der Waals surface area contributed by atoms with Crippen molar-refractivity contribution in [1.29, 1.82) is 0 Å². The molecule has 1 fully saturated rings. The first-order valence-electron chi connectivity index (χ1n) is 11.3. The second kappa shape index (κ2) is 10.2. The molecule has 1 aromatic heterocycles. The number of aromatic nitrogens is 2. The largest absolute Gasteiger partial charge is 0.416 e. The van der Waals surface area contributed by atoms with Crippen LogP contribution < -0.4 is 10.6 Å². The third-order valence-corrected chi connectivity index (χ3v) is 6.34. The van der Waals surface area contributed by atoms with Gasteiger partial charge in [-0.1, -0.05) is 18.2 Å². The Morgan fingerprint density at radius 3 is 2.82 bits per heavy atom. The van der Waals surface area contributed by atoms with E-state index in [1.165, 1.54) is 12.1 Å². The van der Waals surface area contributed by atoms with Gasteiger partial charge in [0.1, 0.15) is 0 Å². The van der Waals surface area contributed by atoms with Crippen molar-refractivity contribution in [3.63, 3.8) is 0 Å². The molecule has 2 aliphatic rings. The van der Waals surface area contributed by atoms with E-state index in [2.05, 4.69) is 20.6 Å². The van der Waals surface area contributed by atoms with E-state index in [1.54, 1.807) is 10.7 Å².